The molecule has 0 unspecified atom stereocenters. The zero-order valence-corrected chi connectivity index (χ0v) is 16.3. The first-order valence-electron chi connectivity index (χ1n) is 8.52. The molecule has 2 aromatic carbocycles. The normalized spacial score (nSPS) is 11.3. The van der Waals surface area contributed by atoms with Crippen LogP contribution >= 0.6 is 0 Å². The van der Waals surface area contributed by atoms with E-state index in [1.165, 1.54) is 37.6 Å². The zero-order chi connectivity index (χ0) is 20.9. The Morgan fingerprint density at radius 3 is 2.38 bits per heavy atom. The number of anilines is 1. The van der Waals surface area contributed by atoms with Crippen molar-refractivity contribution in [3.63, 3.8) is 0 Å². The minimum Gasteiger partial charge on any atom is -0.507 e. The molecule has 0 atom stereocenters. The molecule has 3 rings (SSSR count). The third kappa shape index (κ3) is 4.99. The maximum absolute atomic E-state index is 12.4. The summed E-state index contributed by atoms with van der Waals surface area (Å²) in [5.41, 5.74) is 1.50. The van der Waals surface area contributed by atoms with E-state index in [2.05, 4.69) is 14.4 Å². The second-order valence-corrected chi connectivity index (χ2v) is 7.67. The van der Waals surface area contributed by atoms with Gasteiger partial charge in [0.1, 0.15) is 17.1 Å². The number of methoxy groups -OCH3 is 1. The standard InChI is InChI=1S/C21H18N2O5S/c1-28-21(25)18-14-16(9-12-19(18)24)6-5-15-7-10-17(11-8-15)29(26,27)23-20-4-2-3-13-22-20/h2-14,24H,1H3,(H,22,23)/b6-5+. The second-order valence-electron chi connectivity index (χ2n) is 5.99. The number of ether oxygens (including phenoxy) is 1. The highest BCUT2D eigenvalue weighted by Crippen LogP contribution is 2.21. The maximum atomic E-state index is 12.4. The molecule has 148 valence electrons. The summed E-state index contributed by atoms with van der Waals surface area (Å²) in [6.45, 7) is 0. The third-order valence-electron chi connectivity index (χ3n) is 3.99. The lowest BCUT2D eigenvalue weighted by atomic mass is 10.1. The molecule has 2 N–H and O–H groups in total. The van der Waals surface area contributed by atoms with Gasteiger partial charge in [-0.3, -0.25) is 4.72 Å². The van der Waals surface area contributed by atoms with E-state index in [1.54, 1.807) is 48.6 Å². The Balaban J connectivity index is 1.76. The molecule has 0 aliphatic carbocycles. The molecule has 0 aliphatic heterocycles. The Morgan fingerprint density at radius 2 is 1.72 bits per heavy atom. The van der Waals surface area contributed by atoms with Crippen LogP contribution in [-0.2, 0) is 14.8 Å². The van der Waals surface area contributed by atoms with Crippen molar-refractivity contribution >= 4 is 34.0 Å². The van der Waals surface area contributed by atoms with Gasteiger partial charge in [0, 0.05) is 6.20 Å². The molecule has 0 saturated carbocycles. The SMILES string of the molecule is COC(=O)c1cc(/C=C/c2ccc(S(=O)(=O)Nc3ccccn3)cc2)ccc1O. The van der Waals surface area contributed by atoms with Crippen LogP contribution in [0.5, 0.6) is 5.75 Å². The van der Waals surface area contributed by atoms with Crippen LogP contribution in [0.3, 0.4) is 0 Å². The van der Waals surface area contributed by atoms with Crippen LogP contribution in [0, 0.1) is 0 Å². The monoisotopic (exact) mass is 410 g/mol. The lowest BCUT2D eigenvalue weighted by Crippen LogP contribution is -2.13. The summed E-state index contributed by atoms with van der Waals surface area (Å²) in [5, 5.41) is 9.74. The fourth-order valence-electron chi connectivity index (χ4n) is 2.50. The van der Waals surface area contributed by atoms with Crippen LogP contribution in [0.2, 0.25) is 0 Å². The number of carbonyl (C=O) groups is 1. The minimum atomic E-state index is -3.74. The fraction of sp³-hybridized carbons (Fsp3) is 0.0476. The molecular formula is C21H18N2O5S. The lowest BCUT2D eigenvalue weighted by Gasteiger charge is -2.07. The van der Waals surface area contributed by atoms with Crippen molar-refractivity contribution in [2.75, 3.05) is 11.8 Å². The number of pyridine rings is 1. The van der Waals surface area contributed by atoms with E-state index in [1.807, 2.05) is 0 Å². The third-order valence-corrected chi connectivity index (χ3v) is 5.36. The predicted molar refractivity (Wildman–Crippen MR) is 110 cm³/mol. The molecule has 0 radical (unpaired) electrons. The van der Waals surface area contributed by atoms with E-state index in [9.17, 15) is 18.3 Å². The van der Waals surface area contributed by atoms with E-state index < -0.39 is 16.0 Å². The molecule has 0 bridgehead atoms. The minimum absolute atomic E-state index is 0.0664. The average Bonchev–Trinajstić information content (AvgIpc) is 2.73. The number of nitrogens with zero attached hydrogens (tertiary/aromatic N) is 1. The number of aromatic hydroxyl groups is 1. The largest absolute Gasteiger partial charge is 0.507 e. The number of hydrogen-bond donors (Lipinski definition) is 2. The Hall–Kier alpha value is -3.65. The van der Waals surface area contributed by atoms with Crippen LogP contribution in [0.15, 0.2) is 71.8 Å². The highest BCUT2D eigenvalue weighted by atomic mass is 32.2. The topological polar surface area (TPSA) is 106 Å². The van der Waals surface area contributed by atoms with Gasteiger partial charge in [0.15, 0.2) is 0 Å². The van der Waals surface area contributed by atoms with Gasteiger partial charge >= 0.3 is 5.97 Å². The van der Waals surface area contributed by atoms with Crippen LogP contribution in [-0.4, -0.2) is 31.6 Å². The Bertz CT molecular complexity index is 1140. The van der Waals surface area contributed by atoms with Gasteiger partial charge in [-0.2, -0.15) is 0 Å². The number of rotatable bonds is 6. The van der Waals surface area contributed by atoms with Crippen LogP contribution in [0.1, 0.15) is 21.5 Å². The van der Waals surface area contributed by atoms with E-state index >= 15 is 0 Å². The van der Waals surface area contributed by atoms with Crippen molar-refractivity contribution in [3.05, 3.63) is 83.6 Å². The molecule has 0 fully saturated rings. The summed E-state index contributed by atoms with van der Waals surface area (Å²) in [7, 11) is -2.50. The number of phenols is 1. The quantitative estimate of drug-likeness (QED) is 0.476. The van der Waals surface area contributed by atoms with Gasteiger partial charge in [0.25, 0.3) is 10.0 Å². The predicted octanol–water partition coefficient (Wildman–Crippen LogP) is 3.55. The van der Waals surface area contributed by atoms with Gasteiger partial charge in [0.05, 0.1) is 12.0 Å². The second kappa shape index (κ2) is 8.57. The average molecular weight is 410 g/mol. The van der Waals surface area contributed by atoms with Crippen molar-refractivity contribution in [3.8, 4) is 5.75 Å². The van der Waals surface area contributed by atoms with Gasteiger partial charge in [0.2, 0.25) is 0 Å². The van der Waals surface area contributed by atoms with Crippen molar-refractivity contribution in [1.29, 1.82) is 0 Å². The molecule has 3 aromatic rings. The first-order valence-corrected chi connectivity index (χ1v) is 10.0. The summed E-state index contributed by atoms with van der Waals surface area (Å²) < 4.78 is 31.9. The first-order chi connectivity index (χ1) is 13.9. The van der Waals surface area contributed by atoms with Crippen molar-refractivity contribution in [1.82, 2.24) is 4.98 Å². The summed E-state index contributed by atoms with van der Waals surface area (Å²) in [5.74, 6) is -0.554. The van der Waals surface area contributed by atoms with Gasteiger partial charge in [-0.15, -0.1) is 0 Å². The number of sulfonamides is 1. The molecule has 7 nitrogen and oxygen atoms in total. The molecule has 8 heteroatoms. The van der Waals surface area contributed by atoms with Crippen molar-refractivity contribution in [2.45, 2.75) is 4.90 Å². The van der Waals surface area contributed by atoms with Crippen LogP contribution in [0.25, 0.3) is 12.2 Å². The maximum Gasteiger partial charge on any atom is 0.341 e. The fourth-order valence-corrected chi connectivity index (χ4v) is 3.51. The Labute approximate surface area is 168 Å². The number of phenolic OH excluding ortho intramolecular Hbond substituents is 1. The smallest absolute Gasteiger partial charge is 0.341 e. The van der Waals surface area contributed by atoms with E-state index in [0.29, 0.717) is 5.56 Å². The van der Waals surface area contributed by atoms with Crippen molar-refractivity contribution in [2.24, 2.45) is 0 Å². The number of nitrogens with one attached hydrogen (secondary N) is 1. The Kier molecular flexibility index (Phi) is 5.94. The first kappa shape index (κ1) is 20.1. The molecule has 1 heterocycles. The van der Waals surface area contributed by atoms with Gasteiger partial charge in [-0.25, -0.2) is 18.2 Å². The summed E-state index contributed by atoms with van der Waals surface area (Å²) in [4.78, 5) is 15.7. The van der Waals surface area contributed by atoms with Crippen molar-refractivity contribution < 1.29 is 23.1 Å². The molecule has 0 saturated heterocycles. The molecule has 0 spiro atoms. The molecule has 0 amide bonds. The summed E-state index contributed by atoms with van der Waals surface area (Å²) >= 11 is 0. The number of hydrogen-bond acceptors (Lipinski definition) is 6. The van der Waals surface area contributed by atoms with Crippen LogP contribution < -0.4 is 4.72 Å². The number of carbonyl (C=O) groups excluding carboxylic acids is 1. The molecule has 1 aromatic heterocycles. The lowest BCUT2D eigenvalue weighted by molar-refractivity contribution is 0.0597. The summed E-state index contributed by atoms with van der Waals surface area (Å²) in [6.07, 6.45) is 5.00. The van der Waals surface area contributed by atoms with Gasteiger partial charge < -0.3 is 9.84 Å². The zero-order valence-electron chi connectivity index (χ0n) is 15.4. The number of esters is 1. The van der Waals surface area contributed by atoms with Gasteiger partial charge in [-0.1, -0.05) is 36.4 Å². The number of benzene rings is 2. The highest BCUT2D eigenvalue weighted by molar-refractivity contribution is 7.92. The van der Waals surface area contributed by atoms with E-state index in [0.717, 1.165) is 5.56 Å². The van der Waals surface area contributed by atoms with E-state index in [4.69, 9.17) is 0 Å². The number of aromatic nitrogens is 1. The summed E-state index contributed by atoms with van der Waals surface area (Å²) in [6, 6.07) is 15.8. The van der Waals surface area contributed by atoms with Gasteiger partial charge in [-0.05, 0) is 47.5 Å². The molecular weight excluding hydrogens is 392 g/mol. The van der Waals surface area contributed by atoms with E-state index in [-0.39, 0.29) is 22.0 Å². The Morgan fingerprint density at radius 1 is 1.03 bits per heavy atom. The molecule has 29 heavy (non-hydrogen) atoms. The highest BCUT2D eigenvalue weighted by Gasteiger charge is 2.14. The van der Waals surface area contributed by atoms with Crippen LogP contribution in [0.4, 0.5) is 5.82 Å². The molecule has 0 aliphatic rings.